The summed E-state index contributed by atoms with van der Waals surface area (Å²) in [6.45, 7) is 8.43. The number of rotatable bonds is 6. The van der Waals surface area contributed by atoms with Gasteiger partial charge in [0.25, 0.3) is 0 Å². The fourth-order valence-corrected chi connectivity index (χ4v) is 3.38. The van der Waals surface area contributed by atoms with Crippen LogP contribution in [-0.2, 0) is 13.0 Å². The van der Waals surface area contributed by atoms with Crippen LogP contribution in [0.3, 0.4) is 0 Å². The van der Waals surface area contributed by atoms with Crippen LogP contribution in [0.15, 0.2) is 12.1 Å². The Morgan fingerprint density at radius 3 is 2.72 bits per heavy atom. The zero-order chi connectivity index (χ0) is 13.0. The molecule has 2 aromatic heterocycles. The largest absolute Gasteiger partial charge is 0.310 e. The molecule has 0 aliphatic rings. The van der Waals surface area contributed by atoms with E-state index in [1.807, 2.05) is 11.3 Å². The minimum Gasteiger partial charge on any atom is -0.310 e. The number of aromatic nitrogens is 2. The smallest absolute Gasteiger partial charge is 0.157 e. The highest BCUT2D eigenvalue weighted by Crippen LogP contribution is 2.30. The van der Waals surface area contributed by atoms with Gasteiger partial charge in [-0.15, -0.1) is 21.5 Å². The molecule has 0 spiro atoms. The first kappa shape index (κ1) is 13.6. The molecule has 0 atom stereocenters. The predicted molar refractivity (Wildman–Crippen MR) is 79.1 cm³/mol. The lowest BCUT2D eigenvalue weighted by atomic mass is 10.2. The van der Waals surface area contributed by atoms with Gasteiger partial charge in [-0.25, -0.2) is 0 Å². The minimum absolute atomic E-state index is 0.668. The standard InChI is InChI=1S/C13H19N3S2/c1-4-10-5-6-11(17-10)13-16-15-12(18-13)8-14-7-9(2)3/h5-6,9,14H,4,7-8H2,1-3H3. The van der Waals surface area contributed by atoms with E-state index in [2.05, 4.69) is 48.4 Å². The van der Waals surface area contributed by atoms with Crippen LogP contribution in [0.25, 0.3) is 9.88 Å². The predicted octanol–water partition coefficient (Wildman–Crippen LogP) is 3.57. The highest BCUT2D eigenvalue weighted by Gasteiger charge is 2.08. The van der Waals surface area contributed by atoms with Gasteiger partial charge in [-0.1, -0.05) is 32.1 Å². The Labute approximate surface area is 116 Å². The summed E-state index contributed by atoms with van der Waals surface area (Å²) in [5, 5.41) is 14.0. The van der Waals surface area contributed by atoms with Crippen molar-refractivity contribution in [1.82, 2.24) is 15.5 Å². The molecule has 0 saturated heterocycles. The molecule has 2 rings (SSSR count). The van der Waals surface area contributed by atoms with E-state index in [0.29, 0.717) is 5.92 Å². The first-order valence-corrected chi connectivity index (χ1v) is 7.94. The van der Waals surface area contributed by atoms with Gasteiger partial charge in [0.2, 0.25) is 0 Å². The highest BCUT2D eigenvalue weighted by atomic mass is 32.1. The van der Waals surface area contributed by atoms with Crippen molar-refractivity contribution in [2.75, 3.05) is 6.54 Å². The van der Waals surface area contributed by atoms with E-state index in [1.165, 1.54) is 9.75 Å². The third kappa shape index (κ3) is 3.60. The van der Waals surface area contributed by atoms with E-state index in [4.69, 9.17) is 0 Å². The molecule has 2 aromatic rings. The molecule has 2 heterocycles. The first-order chi connectivity index (χ1) is 8.69. The van der Waals surface area contributed by atoms with E-state index in [1.54, 1.807) is 11.3 Å². The quantitative estimate of drug-likeness (QED) is 0.879. The van der Waals surface area contributed by atoms with Crippen molar-refractivity contribution in [2.24, 2.45) is 5.92 Å². The van der Waals surface area contributed by atoms with Crippen LogP contribution in [0.1, 0.15) is 30.7 Å². The highest BCUT2D eigenvalue weighted by molar-refractivity contribution is 7.21. The van der Waals surface area contributed by atoms with E-state index in [0.717, 1.165) is 29.5 Å². The minimum atomic E-state index is 0.668. The molecular weight excluding hydrogens is 262 g/mol. The normalized spacial score (nSPS) is 11.3. The molecule has 1 N–H and O–H groups in total. The molecule has 0 radical (unpaired) electrons. The molecule has 0 fully saturated rings. The Kier molecular flexibility index (Phi) is 4.86. The third-order valence-corrected chi connectivity index (χ3v) is 4.84. The molecule has 3 nitrogen and oxygen atoms in total. The Hall–Kier alpha value is -0.780. The molecule has 0 unspecified atom stereocenters. The summed E-state index contributed by atoms with van der Waals surface area (Å²) in [6.07, 6.45) is 1.09. The van der Waals surface area contributed by atoms with E-state index < -0.39 is 0 Å². The SMILES string of the molecule is CCc1ccc(-c2nnc(CNCC(C)C)s2)s1. The van der Waals surface area contributed by atoms with Crippen LogP contribution >= 0.6 is 22.7 Å². The van der Waals surface area contributed by atoms with Crippen molar-refractivity contribution in [2.45, 2.75) is 33.7 Å². The topological polar surface area (TPSA) is 37.8 Å². The molecule has 0 bridgehead atoms. The molecular formula is C13H19N3S2. The lowest BCUT2D eigenvalue weighted by Gasteiger charge is -2.03. The average Bonchev–Trinajstić information content (AvgIpc) is 2.95. The van der Waals surface area contributed by atoms with Gasteiger partial charge in [0, 0.05) is 11.4 Å². The third-order valence-electron chi connectivity index (χ3n) is 2.52. The number of thiophene rings is 1. The Morgan fingerprint density at radius 1 is 1.22 bits per heavy atom. The van der Waals surface area contributed by atoms with E-state index in [9.17, 15) is 0 Å². The fraction of sp³-hybridized carbons (Fsp3) is 0.538. The molecule has 0 aromatic carbocycles. The van der Waals surface area contributed by atoms with Gasteiger partial charge < -0.3 is 5.32 Å². The zero-order valence-electron chi connectivity index (χ0n) is 11.1. The molecule has 0 aliphatic heterocycles. The van der Waals surface area contributed by atoms with Crippen LogP contribution in [0.5, 0.6) is 0 Å². The monoisotopic (exact) mass is 281 g/mol. The maximum atomic E-state index is 4.27. The molecule has 5 heteroatoms. The average molecular weight is 281 g/mol. The maximum absolute atomic E-state index is 4.27. The van der Waals surface area contributed by atoms with Gasteiger partial charge in [0.15, 0.2) is 5.01 Å². The summed E-state index contributed by atoms with van der Waals surface area (Å²) >= 11 is 3.50. The number of nitrogens with one attached hydrogen (secondary N) is 1. The molecule has 0 amide bonds. The lowest BCUT2D eigenvalue weighted by Crippen LogP contribution is -2.18. The first-order valence-electron chi connectivity index (χ1n) is 6.31. The van der Waals surface area contributed by atoms with Crippen molar-refractivity contribution < 1.29 is 0 Å². The number of aryl methyl sites for hydroxylation is 1. The Balaban J connectivity index is 1.97. The Morgan fingerprint density at radius 2 is 2.06 bits per heavy atom. The number of hydrogen-bond donors (Lipinski definition) is 1. The van der Waals surface area contributed by atoms with Crippen molar-refractivity contribution in [3.63, 3.8) is 0 Å². The number of hydrogen-bond acceptors (Lipinski definition) is 5. The van der Waals surface area contributed by atoms with Crippen LogP contribution in [0, 0.1) is 5.92 Å². The molecule has 0 saturated carbocycles. The van der Waals surface area contributed by atoms with Crippen molar-refractivity contribution in [1.29, 1.82) is 0 Å². The lowest BCUT2D eigenvalue weighted by molar-refractivity contribution is 0.550. The van der Waals surface area contributed by atoms with Gasteiger partial charge in [0.1, 0.15) is 5.01 Å². The second kappa shape index (κ2) is 6.41. The van der Waals surface area contributed by atoms with Crippen molar-refractivity contribution in [3.8, 4) is 9.88 Å². The summed E-state index contributed by atoms with van der Waals surface area (Å²) < 4.78 is 0. The molecule has 18 heavy (non-hydrogen) atoms. The summed E-state index contributed by atoms with van der Waals surface area (Å²) in [5.41, 5.74) is 0. The van der Waals surface area contributed by atoms with Gasteiger partial charge in [-0.05, 0) is 31.0 Å². The Bertz CT molecular complexity index is 488. The van der Waals surface area contributed by atoms with E-state index in [-0.39, 0.29) is 0 Å². The summed E-state index contributed by atoms with van der Waals surface area (Å²) in [6, 6.07) is 4.33. The second-order valence-corrected chi connectivity index (χ2v) is 6.88. The zero-order valence-corrected chi connectivity index (χ0v) is 12.7. The van der Waals surface area contributed by atoms with Crippen LogP contribution < -0.4 is 5.32 Å². The summed E-state index contributed by atoms with van der Waals surface area (Å²) in [5.74, 6) is 0.668. The summed E-state index contributed by atoms with van der Waals surface area (Å²) in [7, 11) is 0. The van der Waals surface area contributed by atoms with Crippen molar-refractivity contribution in [3.05, 3.63) is 22.0 Å². The van der Waals surface area contributed by atoms with Gasteiger partial charge in [-0.3, -0.25) is 0 Å². The molecule has 0 aliphatic carbocycles. The van der Waals surface area contributed by atoms with Crippen LogP contribution in [0.4, 0.5) is 0 Å². The molecule has 98 valence electrons. The van der Waals surface area contributed by atoms with Gasteiger partial charge in [-0.2, -0.15) is 0 Å². The second-order valence-electron chi connectivity index (χ2n) is 4.65. The van der Waals surface area contributed by atoms with Crippen molar-refractivity contribution >= 4 is 22.7 Å². The van der Waals surface area contributed by atoms with Gasteiger partial charge in [0.05, 0.1) is 4.88 Å². The van der Waals surface area contributed by atoms with E-state index >= 15 is 0 Å². The fourth-order valence-electron chi connectivity index (χ4n) is 1.58. The number of nitrogens with zero attached hydrogens (tertiary/aromatic N) is 2. The van der Waals surface area contributed by atoms with Crippen LogP contribution in [0.2, 0.25) is 0 Å². The maximum Gasteiger partial charge on any atom is 0.157 e. The van der Waals surface area contributed by atoms with Gasteiger partial charge >= 0.3 is 0 Å². The van der Waals surface area contributed by atoms with Crippen LogP contribution in [-0.4, -0.2) is 16.7 Å². The summed E-state index contributed by atoms with van der Waals surface area (Å²) in [4.78, 5) is 2.64.